The van der Waals surface area contributed by atoms with Gasteiger partial charge in [0, 0.05) is 19.5 Å². The maximum atomic E-state index is 13.0. The summed E-state index contributed by atoms with van der Waals surface area (Å²) in [5.41, 5.74) is 2.11. The first kappa shape index (κ1) is 15.9. The maximum absolute atomic E-state index is 13.0. The van der Waals surface area contributed by atoms with Crippen LogP contribution >= 0.6 is 0 Å². The normalized spacial score (nSPS) is 11.9. The molecule has 0 saturated heterocycles. The Labute approximate surface area is 131 Å². The molecule has 0 heterocycles. The minimum Gasteiger partial charge on any atom is -0.280 e. The molecule has 0 fully saturated rings. The molecule has 0 aliphatic carbocycles. The fourth-order valence-corrected chi connectivity index (χ4v) is 2.39. The van der Waals surface area contributed by atoms with E-state index in [1.54, 1.807) is 18.2 Å². The molecule has 0 aromatic heterocycles. The van der Waals surface area contributed by atoms with Gasteiger partial charge < -0.3 is 0 Å². The zero-order valence-corrected chi connectivity index (χ0v) is 12.5. The monoisotopic (exact) mass is 294 g/mol. The Balaban J connectivity index is 2.12. The predicted molar refractivity (Wildman–Crippen MR) is 86.6 cm³/mol. The van der Waals surface area contributed by atoms with E-state index in [1.165, 1.54) is 12.1 Å². The van der Waals surface area contributed by atoms with Gasteiger partial charge in [-0.15, -0.1) is 6.58 Å². The van der Waals surface area contributed by atoms with Crippen LogP contribution in [-0.2, 0) is 13.0 Å². The molecule has 0 spiro atoms. The molecule has 2 aromatic carbocycles. The highest BCUT2D eigenvalue weighted by Gasteiger charge is 2.17. The third-order valence-corrected chi connectivity index (χ3v) is 3.52. The van der Waals surface area contributed by atoms with Gasteiger partial charge in [-0.1, -0.05) is 48.5 Å². The Morgan fingerprint density at radius 3 is 2.36 bits per heavy atom. The molecular weight excluding hydrogens is 275 g/mol. The summed E-state index contributed by atoms with van der Waals surface area (Å²) in [5.74, 6) is -0.250. The molecule has 2 rings (SSSR count). The number of benzene rings is 2. The molecule has 0 saturated carbocycles. The van der Waals surface area contributed by atoms with Gasteiger partial charge >= 0.3 is 0 Å². The third kappa shape index (κ3) is 4.54. The summed E-state index contributed by atoms with van der Waals surface area (Å²) in [6.07, 6.45) is 2.45. The van der Waals surface area contributed by atoms with Crippen LogP contribution in [0, 0.1) is 17.1 Å². The van der Waals surface area contributed by atoms with E-state index in [0.29, 0.717) is 19.5 Å². The van der Waals surface area contributed by atoms with Crippen molar-refractivity contribution in [1.82, 2.24) is 4.90 Å². The van der Waals surface area contributed by atoms with Gasteiger partial charge in [-0.05, 0) is 23.3 Å². The molecule has 112 valence electrons. The van der Waals surface area contributed by atoms with E-state index < -0.39 is 0 Å². The summed E-state index contributed by atoms with van der Waals surface area (Å²) >= 11 is 0. The summed E-state index contributed by atoms with van der Waals surface area (Å²) in [6, 6.07) is 18.5. The van der Waals surface area contributed by atoms with Crippen molar-refractivity contribution in [2.45, 2.75) is 19.0 Å². The predicted octanol–water partition coefficient (Wildman–Crippen LogP) is 3.95. The number of hydrogen-bond acceptors (Lipinski definition) is 2. The lowest BCUT2D eigenvalue weighted by atomic mass is 10.0. The lowest BCUT2D eigenvalue weighted by Gasteiger charge is -2.26. The Morgan fingerprint density at radius 2 is 1.77 bits per heavy atom. The fraction of sp³-hybridized carbons (Fsp3) is 0.211. The van der Waals surface area contributed by atoms with Crippen molar-refractivity contribution in [2.75, 3.05) is 6.54 Å². The van der Waals surface area contributed by atoms with Gasteiger partial charge in [-0.25, -0.2) is 4.39 Å². The molecule has 0 aliphatic heterocycles. The fourth-order valence-electron chi connectivity index (χ4n) is 2.39. The topological polar surface area (TPSA) is 27.0 Å². The molecule has 0 bridgehead atoms. The van der Waals surface area contributed by atoms with Crippen molar-refractivity contribution in [1.29, 1.82) is 5.26 Å². The summed E-state index contributed by atoms with van der Waals surface area (Å²) < 4.78 is 13.0. The lowest BCUT2D eigenvalue weighted by molar-refractivity contribution is 0.248. The first-order chi connectivity index (χ1) is 10.7. The van der Waals surface area contributed by atoms with Gasteiger partial charge in [-0.2, -0.15) is 5.26 Å². The van der Waals surface area contributed by atoms with Gasteiger partial charge in [0.1, 0.15) is 11.9 Å². The first-order valence-electron chi connectivity index (χ1n) is 7.26. The number of nitriles is 1. The Hall–Kier alpha value is -2.44. The van der Waals surface area contributed by atoms with Crippen LogP contribution in [0.1, 0.15) is 11.1 Å². The van der Waals surface area contributed by atoms with Crippen molar-refractivity contribution in [3.8, 4) is 6.07 Å². The van der Waals surface area contributed by atoms with Crippen molar-refractivity contribution < 1.29 is 4.39 Å². The Morgan fingerprint density at radius 1 is 1.09 bits per heavy atom. The smallest absolute Gasteiger partial charge is 0.123 e. The van der Waals surface area contributed by atoms with Crippen LogP contribution in [0.15, 0.2) is 67.3 Å². The van der Waals surface area contributed by atoms with Crippen molar-refractivity contribution >= 4 is 0 Å². The van der Waals surface area contributed by atoms with E-state index in [-0.39, 0.29) is 11.9 Å². The Bertz CT molecular complexity index is 629. The second-order valence-electron chi connectivity index (χ2n) is 5.18. The van der Waals surface area contributed by atoms with E-state index in [9.17, 15) is 9.65 Å². The highest BCUT2D eigenvalue weighted by atomic mass is 19.1. The molecule has 0 N–H and O–H groups in total. The van der Waals surface area contributed by atoms with Crippen LogP contribution in [0.25, 0.3) is 0 Å². The van der Waals surface area contributed by atoms with E-state index in [2.05, 4.69) is 12.6 Å². The highest BCUT2D eigenvalue weighted by molar-refractivity contribution is 5.20. The molecule has 0 radical (unpaired) electrons. The van der Waals surface area contributed by atoms with E-state index in [0.717, 1.165) is 11.1 Å². The molecule has 1 atom stereocenters. The standard InChI is InChI=1S/C19H19FN2/c1-2-12-22(15-17-8-10-18(20)11-9-17)19(14-21)13-16-6-4-3-5-7-16/h2-11,19H,1,12-13,15H2. The molecule has 22 heavy (non-hydrogen) atoms. The number of halogens is 1. The maximum Gasteiger partial charge on any atom is 0.123 e. The zero-order valence-electron chi connectivity index (χ0n) is 12.5. The number of hydrogen-bond donors (Lipinski definition) is 0. The molecule has 0 amide bonds. The molecular formula is C19H19FN2. The minimum absolute atomic E-state index is 0.245. The average Bonchev–Trinajstić information content (AvgIpc) is 2.55. The molecule has 1 unspecified atom stereocenters. The first-order valence-corrected chi connectivity index (χ1v) is 7.26. The minimum atomic E-state index is -0.250. The van der Waals surface area contributed by atoms with Gasteiger partial charge in [0.25, 0.3) is 0 Å². The summed E-state index contributed by atoms with van der Waals surface area (Å²) in [5, 5.41) is 9.52. The van der Waals surface area contributed by atoms with E-state index in [4.69, 9.17) is 0 Å². The third-order valence-electron chi connectivity index (χ3n) is 3.52. The summed E-state index contributed by atoms with van der Waals surface area (Å²) in [6.45, 7) is 4.98. The van der Waals surface area contributed by atoms with Crippen LogP contribution in [0.5, 0.6) is 0 Å². The summed E-state index contributed by atoms with van der Waals surface area (Å²) in [4.78, 5) is 2.05. The summed E-state index contributed by atoms with van der Waals surface area (Å²) in [7, 11) is 0. The van der Waals surface area contributed by atoms with Gasteiger partial charge in [-0.3, -0.25) is 4.90 Å². The van der Waals surface area contributed by atoms with Gasteiger partial charge in [0.15, 0.2) is 0 Å². The lowest BCUT2D eigenvalue weighted by Crippen LogP contribution is -2.35. The van der Waals surface area contributed by atoms with Gasteiger partial charge in [0.05, 0.1) is 6.07 Å². The van der Waals surface area contributed by atoms with Gasteiger partial charge in [0.2, 0.25) is 0 Å². The van der Waals surface area contributed by atoms with Crippen LogP contribution in [-0.4, -0.2) is 17.5 Å². The van der Waals surface area contributed by atoms with E-state index >= 15 is 0 Å². The quantitative estimate of drug-likeness (QED) is 0.723. The van der Waals surface area contributed by atoms with E-state index in [1.807, 2.05) is 35.2 Å². The van der Waals surface area contributed by atoms with Crippen LogP contribution in [0.4, 0.5) is 4.39 Å². The van der Waals surface area contributed by atoms with Crippen LogP contribution < -0.4 is 0 Å². The largest absolute Gasteiger partial charge is 0.280 e. The SMILES string of the molecule is C=CCN(Cc1ccc(F)cc1)C(C#N)Cc1ccccc1. The van der Waals surface area contributed by atoms with Crippen LogP contribution in [0.3, 0.4) is 0 Å². The van der Waals surface area contributed by atoms with Crippen molar-refractivity contribution in [3.63, 3.8) is 0 Å². The second kappa shape index (κ2) is 8.11. The highest BCUT2D eigenvalue weighted by Crippen LogP contribution is 2.13. The molecule has 0 aliphatic rings. The molecule has 2 aromatic rings. The second-order valence-corrected chi connectivity index (χ2v) is 5.18. The Kier molecular flexibility index (Phi) is 5.88. The van der Waals surface area contributed by atoms with Crippen LogP contribution in [0.2, 0.25) is 0 Å². The van der Waals surface area contributed by atoms with Crippen molar-refractivity contribution in [3.05, 3.63) is 84.2 Å². The number of nitrogens with zero attached hydrogens (tertiary/aromatic N) is 2. The molecule has 3 heteroatoms. The van der Waals surface area contributed by atoms with Crippen molar-refractivity contribution in [2.24, 2.45) is 0 Å². The zero-order chi connectivity index (χ0) is 15.8. The number of rotatable bonds is 7. The molecule has 2 nitrogen and oxygen atoms in total. The average molecular weight is 294 g/mol.